The van der Waals surface area contributed by atoms with Crippen LogP contribution in [0.5, 0.6) is 5.75 Å². The summed E-state index contributed by atoms with van der Waals surface area (Å²) < 4.78 is 30.4. The van der Waals surface area contributed by atoms with Crippen molar-refractivity contribution in [2.24, 2.45) is 5.41 Å². The molecule has 0 spiro atoms. The van der Waals surface area contributed by atoms with Crippen molar-refractivity contribution in [1.82, 2.24) is 30.3 Å². The summed E-state index contributed by atoms with van der Waals surface area (Å²) in [6, 6.07) is 6.37. The number of hydrazine groups is 1. The Labute approximate surface area is 342 Å². The zero-order chi connectivity index (χ0) is 41.9. The van der Waals surface area contributed by atoms with Crippen LogP contribution in [0.1, 0.15) is 83.7 Å². The van der Waals surface area contributed by atoms with Crippen LogP contribution >= 0.6 is 11.3 Å². The zero-order valence-electron chi connectivity index (χ0n) is 34.7. The van der Waals surface area contributed by atoms with Crippen LogP contribution in [0, 0.1) is 5.41 Å². The average Bonchev–Trinajstić information content (AvgIpc) is 3.78. The molecule has 6 rings (SSSR count). The highest BCUT2D eigenvalue weighted by molar-refractivity contribution is 7.10. The molecule has 2 N–H and O–H groups in total. The summed E-state index contributed by atoms with van der Waals surface area (Å²) >= 11 is 1.37. The quantitative estimate of drug-likeness (QED) is 0.116. The summed E-state index contributed by atoms with van der Waals surface area (Å²) in [6.07, 6.45) is 2.49. The van der Waals surface area contributed by atoms with E-state index in [0.29, 0.717) is 55.4 Å². The van der Waals surface area contributed by atoms with Gasteiger partial charge in [-0.1, -0.05) is 13.8 Å². The van der Waals surface area contributed by atoms with Gasteiger partial charge in [-0.3, -0.25) is 24.4 Å². The maximum absolute atomic E-state index is 14.0. The number of amides is 2. The summed E-state index contributed by atoms with van der Waals surface area (Å²) in [5, 5.41) is 7.63. The van der Waals surface area contributed by atoms with E-state index in [9.17, 15) is 19.2 Å². The smallest absolute Gasteiger partial charge is 0.408 e. The molecule has 15 nitrogen and oxygen atoms in total. The van der Waals surface area contributed by atoms with Crippen molar-refractivity contribution >= 4 is 46.2 Å². The van der Waals surface area contributed by atoms with E-state index in [-0.39, 0.29) is 25.1 Å². The van der Waals surface area contributed by atoms with Gasteiger partial charge in [0.15, 0.2) is 0 Å². The molecule has 3 atom stereocenters. The van der Waals surface area contributed by atoms with Crippen LogP contribution in [0.2, 0.25) is 0 Å². The lowest BCUT2D eigenvalue weighted by Crippen LogP contribution is -2.60. The van der Waals surface area contributed by atoms with Crippen molar-refractivity contribution in [3.8, 4) is 28.3 Å². The Hall–Kier alpha value is -5.06. The molecule has 1 aromatic carbocycles. The number of rotatable bonds is 13. The van der Waals surface area contributed by atoms with Crippen LogP contribution < -0.4 is 15.5 Å². The van der Waals surface area contributed by atoms with Crippen molar-refractivity contribution in [2.75, 3.05) is 34.0 Å². The fraction of sp³-hybridized carbons (Fsp3) is 0.524. The Bertz CT molecular complexity index is 2170. The average molecular weight is 819 g/mol. The molecule has 4 aromatic rings. The summed E-state index contributed by atoms with van der Waals surface area (Å²) in [5.41, 5.74) is 8.01. The largest absolute Gasteiger partial charge is 0.489 e. The van der Waals surface area contributed by atoms with Gasteiger partial charge in [-0.05, 0) is 76.8 Å². The molecule has 16 heteroatoms. The van der Waals surface area contributed by atoms with Gasteiger partial charge >= 0.3 is 18.0 Å². The van der Waals surface area contributed by atoms with E-state index in [0.717, 1.165) is 39.0 Å². The number of carbonyl (C=O) groups excluding carboxylic acids is 4. The van der Waals surface area contributed by atoms with E-state index in [2.05, 4.69) is 41.3 Å². The third-order valence-electron chi connectivity index (χ3n) is 10.1. The molecule has 0 unspecified atom stereocenters. The fourth-order valence-corrected chi connectivity index (χ4v) is 8.27. The van der Waals surface area contributed by atoms with E-state index in [4.69, 9.17) is 33.7 Å². The van der Waals surface area contributed by atoms with E-state index in [1.165, 1.54) is 30.4 Å². The second-order valence-electron chi connectivity index (χ2n) is 16.5. The number of nitrogens with one attached hydrogen (secondary N) is 2. The number of benzene rings is 1. The Kier molecular flexibility index (Phi) is 12.8. The van der Waals surface area contributed by atoms with Gasteiger partial charge in [-0.25, -0.2) is 15.2 Å². The highest BCUT2D eigenvalue weighted by atomic mass is 32.1. The maximum Gasteiger partial charge on any atom is 0.408 e. The highest BCUT2D eigenvalue weighted by Crippen LogP contribution is 2.46. The van der Waals surface area contributed by atoms with Gasteiger partial charge in [0, 0.05) is 60.5 Å². The number of thiazole rings is 1. The third kappa shape index (κ3) is 9.62. The predicted octanol–water partition coefficient (Wildman–Crippen LogP) is 6.16. The molecular weight excluding hydrogens is 765 g/mol. The van der Waals surface area contributed by atoms with Crippen molar-refractivity contribution in [3.63, 3.8) is 0 Å². The van der Waals surface area contributed by atoms with Crippen molar-refractivity contribution < 1.29 is 42.9 Å². The normalized spacial score (nSPS) is 16.6. The topological polar surface area (TPSA) is 172 Å². The summed E-state index contributed by atoms with van der Waals surface area (Å²) in [6.45, 7) is 14.4. The van der Waals surface area contributed by atoms with E-state index in [1.807, 2.05) is 24.4 Å². The number of alkyl carbamates (subject to hydrolysis) is 1. The monoisotopic (exact) mass is 818 g/mol. The number of carbonyl (C=O) groups is 4. The molecule has 2 aliphatic heterocycles. The van der Waals surface area contributed by atoms with Gasteiger partial charge in [0.2, 0.25) is 0 Å². The molecule has 58 heavy (non-hydrogen) atoms. The van der Waals surface area contributed by atoms with E-state index >= 15 is 0 Å². The maximum atomic E-state index is 14.0. The van der Waals surface area contributed by atoms with Crippen molar-refractivity contribution in [2.45, 2.75) is 104 Å². The Balaban J connectivity index is 1.40. The predicted molar refractivity (Wildman–Crippen MR) is 218 cm³/mol. The summed E-state index contributed by atoms with van der Waals surface area (Å²) in [4.78, 5) is 61.0. The molecular formula is C42H54N6O9S. The van der Waals surface area contributed by atoms with Crippen molar-refractivity contribution in [1.29, 1.82) is 0 Å². The van der Waals surface area contributed by atoms with Gasteiger partial charge < -0.3 is 33.6 Å². The molecule has 0 saturated carbocycles. The van der Waals surface area contributed by atoms with Crippen molar-refractivity contribution in [3.05, 3.63) is 52.1 Å². The molecule has 2 aliphatic rings. The van der Waals surface area contributed by atoms with Crippen LogP contribution in [0.4, 0.5) is 4.79 Å². The molecule has 2 amide bonds. The third-order valence-corrected chi connectivity index (χ3v) is 11.0. The molecule has 1 fully saturated rings. The first-order chi connectivity index (χ1) is 27.5. The molecule has 5 heterocycles. The number of esters is 2. The lowest BCUT2D eigenvalue weighted by molar-refractivity contribution is -0.150. The summed E-state index contributed by atoms with van der Waals surface area (Å²) in [7, 11) is 2.97. The second kappa shape index (κ2) is 17.4. The number of ether oxygens (including phenoxy) is 5. The molecule has 0 radical (unpaired) electrons. The standard InChI is InChI=1S/C42H54N6O9S/c1-24(53-8)35-27(12-10-14-43-35)36-29(21-42(6,7)23-56-25(2)49)28-18-26(19-33-37(28)47(36)16-17-55-33)32-22-58-34(44-32)20-31(45-40(52)57-41(3,4)5)38(50)48-15-11-13-30(46-48)39(51)54-9/h10,12,14,18-19,22,24,30-31,46H,11,13,15-17,20-21,23H2,1-9H3,(H,45,52)/t24-,30-,31-/m0/s1. The number of methoxy groups -OCH3 is 2. The lowest BCUT2D eigenvalue weighted by atomic mass is 9.84. The van der Waals surface area contributed by atoms with Crippen LogP contribution in [0.3, 0.4) is 0 Å². The zero-order valence-corrected chi connectivity index (χ0v) is 35.5. The van der Waals surface area contributed by atoms with Crippen LogP contribution in [0.25, 0.3) is 33.4 Å². The van der Waals surface area contributed by atoms with E-state index in [1.54, 1.807) is 34.1 Å². The minimum absolute atomic E-state index is 0.0764. The Morgan fingerprint density at radius 2 is 1.90 bits per heavy atom. The molecule has 3 aromatic heterocycles. The molecule has 0 aliphatic carbocycles. The fourth-order valence-electron chi connectivity index (χ4n) is 7.42. The van der Waals surface area contributed by atoms with Gasteiger partial charge in [-0.15, -0.1) is 11.3 Å². The van der Waals surface area contributed by atoms with Crippen LogP contribution in [-0.2, 0) is 52.7 Å². The lowest BCUT2D eigenvalue weighted by Gasteiger charge is -2.34. The summed E-state index contributed by atoms with van der Waals surface area (Å²) in [5.74, 6) is -0.525. The molecule has 0 bridgehead atoms. The Morgan fingerprint density at radius 3 is 2.60 bits per heavy atom. The van der Waals surface area contributed by atoms with Crippen LogP contribution in [0.15, 0.2) is 35.8 Å². The number of nitrogens with zero attached hydrogens (tertiary/aromatic N) is 4. The first-order valence-electron chi connectivity index (χ1n) is 19.5. The minimum Gasteiger partial charge on any atom is -0.489 e. The van der Waals surface area contributed by atoms with Gasteiger partial charge in [0.1, 0.15) is 30.0 Å². The SMILES string of the molecule is COC(=O)[C@@H]1CCCN(C(=O)[C@H](Cc2nc(-c3cc4c5c(c3)c(CC(C)(C)COC(C)=O)c(-c3cccnc3[C@H](C)OC)n5CCO4)cs2)NC(=O)OC(C)(C)C)N1. The highest BCUT2D eigenvalue weighted by Gasteiger charge is 2.35. The number of hydrogen-bond donors (Lipinski definition) is 2. The minimum atomic E-state index is -1.05. The number of aromatic nitrogens is 3. The first-order valence-corrected chi connectivity index (χ1v) is 20.4. The van der Waals surface area contributed by atoms with Gasteiger partial charge in [0.05, 0.1) is 54.0 Å². The van der Waals surface area contributed by atoms with Gasteiger partial charge in [-0.2, -0.15) is 0 Å². The van der Waals surface area contributed by atoms with Crippen LogP contribution in [-0.4, -0.2) is 95.1 Å². The van der Waals surface area contributed by atoms with E-state index < -0.39 is 41.1 Å². The Morgan fingerprint density at radius 1 is 1.12 bits per heavy atom. The second-order valence-corrected chi connectivity index (χ2v) is 17.4. The first kappa shape index (κ1) is 42.5. The molecule has 312 valence electrons. The van der Waals surface area contributed by atoms with Gasteiger partial charge in [0.25, 0.3) is 5.91 Å². The number of hydrogen-bond acceptors (Lipinski definition) is 13. The molecule has 1 saturated heterocycles. The number of pyridine rings is 1.